The van der Waals surface area contributed by atoms with Crippen molar-refractivity contribution in [1.82, 2.24) is 24.9 Å². The first-order chi connectivity index (χ1) is 15.5. The molecule has 4 aromatic heterocycles. The maximum absolute atomic E-state index is 13.1. The first-order valence-corrected chi connectivity index (χ1v) is 10.2. The molecule has 0 spiro atoms. The van der Waals surface area contributed by atoms with Crippen molar-refractivity contribution in [3.63, 3.8) is 0 Å². The summed E-state index contributed by atoms with van der Waals surface area (Å²) in [5.41, 5.74) is 4.02. The molecule has 0 atom stereocenters. The molecule has 158 valence electrons. The molecule has 1 amide bonds. The fourth-order valence-electron chi connectivity index (χ4n) is 2.99. The number of aromatic nitrogens is 5. The highest BCUT2D eigenvalue weighted by Crippen LogP contribution is 2.33. The van der Waals surface area contributed by atoms with Crippen LogP contribution in [0.3, 0.4) is 0 Å². The molecule has 1 N–H and O–H groups in total. The second-order valence-corrected chi connectivity index (χ2v) is 7.62. The number of carbonyl (C=O) groups is 2. The van der Waals surface area contributed by atoms with Crippen LogP contribution in [-0.2, 0) is 4.79 Å². The van der Waals surface area contributed by atoms with Crippen LogP contribution in [0.4, 0.5) is 5.13 Å². The standard InChI is InChI=1S/C22H16N6O3S/c1-12-7-15(16-8-13(2)24-11-18(16)31-3)17(10-23-12)20(30)28-22-27-19-21(32-22)26-14(9-25-19)5-4-6-29/h6-11H,1-3H3,(H,25,27,28,30). The Labute approximate surface area is 187 Å². The summed E-state index contributed by atoms with van der Waals surface area (Å²) in [6.07, 6.45) is 5.05. The molecule has 4 heterocycles. The van der Waals surface area contributed by atoms with Gasteiger partial charge in [-0.3, -0.25) is 24.9 Å². The monoisotopic (exact) mass is 444 g/mol. The van der Waals surface area contributed by atoms with E-state index >= 15 is 0 Å². The van der Waals surface area contributed by atoms with Gasteiger partial charge in [-0.05, 0) is 37.8 Å². The summed E-state index contributed by atoms with van der Waals surface area (Å²) in [4.78, 5) is 45.4. The van der Waals surface area contributed by atoms with Gasteiger partial charge in [0.2, 0.25) is 0 Å². The van der Waals surface area contributed by atoms with Crippen molar-refractivity contribution in [2.75, 3.05) is 12.4 Å². The van der Waals surface area contributed by atoms with Gasteiger partial charge in [0.25, 0.3) is 5.91 Å². The summed E-state index contributed by atoms with van der Waals surface area (Å²) in [5, 5.41) is 3.12. The highest BCUT2D eigenvalue weighted by molar-refractivity contribution is 7.21. The SMILES string of the molecule is COc1cnc(C)cc1-c1cc(C)ncc1C(=O)Nc1nc2ncc(C#CC=O)nc2s1. The normalized spacial score (nSPS) is 10.3. The Kier molecular flexibility index (Phi) is 5.83. The van der Waals surface area contributed by atoms with Gasteiger partial charge in [-0.25, -0.2) is 9.97 Å². The summed E-state index contributed by atoms with van der Waals surface area (Å²) in [6.45, 7) is 3.72. The molecule has 4 aromatic rings. The van der Waals surface area contributed by atoms with Crippen LogP contribution in [0.25, 0.3) is 21.6 Å². The number of ether oxygens (including phenoxy) is 1. The number of nitrogens with zero attached hydrogens (tertiary/aromatic N) is 5. The van der Waals surface area contributed by atoms with E-state index in [2.05, 4.69) is 42.1 Å². The maximum atomic E-state index is 13.1. The summed E-state index contributed by atoms with van der Waals surface area (Å²) in [6, 6.07) is 3.68. The number of nitrogens with one attached hydrogen (secondary N) is 1. The van der Waals surface area contributed by atoms with Gasteiger partial charge in [0.05, 0.1) is 25.1 Å². The molecule has 0 aliphatic rings. The number of rotatable bonds is 4. The van der Waals surface area contributed by atoms with Crippen molar-refractivity contribution in [1.29, 1.82) is 0 Å². The van der Waals surface area contributed by atoms with Crippen LogP contribution >= 0.6 is 11.3 Å². The molecule has 0 saturated heterocycles. The lowest BCUT2D eigenvalue weighted by Crippen LogP contribution is -2.14. The average Bonchev–Trinajstić information content (AvgIpc) is 3.18. The lowest BCUT2D eigenvalue weighted by Gasteiger charge is -2.13. The molecule has 10 heteroatoms. The minimum Gasteiger partial charge on any atom is -0.494 e. The fraction of sp³-hybridized carbons (Fsp3) is 0.136. The van der Waals surface area contributed by atoms with Gasteiger partial charge in [-0.1, -0.05) is 11.3 Å². The highest BCUT2D eigenvalue weighted by Gasteiger charge is 2.19. The van der Waals surface area contributed by atoms with Gasteiger partial charge >= 0.3 is 0 Å². The topological polar surface area (TPSA) is 120 Å². The molecule has 0 fully saturated rings. The van der Waals surface area contributed by atoms with Crippen molar-refractivity contribution < 1.29 is 14.3 Å². The van der Waals surface area contributed by atoms with Crippen molar-refractivity contribution in [2.24, 2.45) is 0 Å². The van der Waals surface area contributed by atoms with E-state index in [4.69, 9.17) is 4.74 Å². The van der Waals surface area contributed by atoms with Crippen LogP contribution in [0.15, 0.2) is 30.7 Å². The molecule has 0 radical (unpaired) electrons. The third kappa shape index (κ3) is 4.28. The number of carbonyl (C=O) groups excluding carboxylic acids is 2. The Balaban J connectivity index is 1.70. The van der Waals surface area contributed by atoms with Crippen LogP contribution in [0.5, 0.6) is 5.75 Å². The Morgan fingerprint density at radius 2 is 1.81 bits per heavy atom. The number of anilines is 1. The molecule has 0 saturated carbocycles. The van der Waals surface area contributed by atoms with E-state index in [1.807, 2.05) is 26.0 Å². The van der Waals surface area contributed by atoms with Gasteiger partial charge < -0.3 is 4.74 Å². The van der Waals surface area contributed by atoms with Gasteiger partial charge in [0, 0.05) is 28.7 Å². The highest BCUT2D eigenvalue weighted by atomic mass is 32.1. The Bertz CT molecular complexity index is 1420. The summed E-state index contributed by atoms with van der Waals surface area (Å²) < 4.78 is 5.45. The van der Waals surface area contributed by atoms with Gasteiger partial charge in [0.1, 0.15) is 11.4 Å². The number of thiazole rings is 1. The summed E-state index contributed by atoms with van der Waals surface area (Å²) >= 11 is 1.15. The van der Waals surface area contributed by atoms with Crippen molar-refractivity contribution >= 4 is 39.1 Å². The zero-order valence-corrected chi connectivity index (χ0v) is 18.1. The molecule has 32 heavy (non-hydrogen) atoms. The largest absolute Gasteiger partial charge is 0.494 e. The second-order valence-electron chi connectivity index (χ2n) is 6.64. The smallest absolute Gasteiger partial charge is 0.259 e. The lowest BCUT2D eigenvalue weighted by atomic mass is 9.99. The van der Waals surface area contributed by atoms with E-state index in [0.29, 0.717) is 44.5 Å². The summed E-state index contributed by atoms with van der Waals surface area (Å²) in [5.74, 6) is 5.04. The number of pyridine rings is 2. The predicted octanol–water partition coefficient (Wildman–Crippen LogP) is 2.97. The first-order valence-electron chi connectivity index (χ1n) is 9.36. The van der Waals surface area contributed by atoms with E-state index in [9.17, 15) is 9.59 Å². The number of aldehydes is 1. The zero-order valence-electron chi connectivity index (χ0n) is 17.3. The number of aryl methyl sites for hydroxylation is 2. The Hall–Kier alpha value is -4.23. The fourth-order valence-corrected chi connectivity index (χ4v) is 3.78. The van der Waals surface area contributed by atoms with Crippen LogP contribution in [0.2, 0.25) is 0 Å². The van der Waals surface area contributed by atoms with Crippen molar-refractivity contribution in [3.8, 4) is 28.7 Å². The van der Waals surface area contributed by atoms with E-state index in [1.165, 1.54) is 12.4 Å². The molecular weight excluding hydrogens is 428 g/mol. The zero-order chi connectivity index (χ0) is 22.7. The molecule has 0 aromatic carbocycles. The predicted molar refractivity (Wildman–Crippen MR) is 120 cm³/mol. The number of amides is 1. The van der Waals surface area contributed by atoms with E-state index in [-0.39, 0.29) is 5.91 Å². The Morgan fingerprint density at radius 3 is 2.56 bits per heavy atom. The number of methoxy groups -OCH3 is 1. The number of fused-ring (bicyclic) bond motifs is 1. The quantitative estimate of drug-likeness (QED) is 0.377. The van der Waals surface area contributed by atoms with E-state index < -0.39 is 0 Å². The van der Waals surface area contributed by atoms with Crippen LogP contribution in [-0.4, -0.2) is 44.2 Å². The first kappa shape index (κ1) is 21.0. The maximum Gasteiger partial charge on any atom is 0.259 e. The van der Waals surface area contributed by atoms with Gasteiger partial charge in [0.15, 0.2) is 21.9 Å². The third-order valence-corrected chi connectivity index (χ3v) is 5.26. The molecule has 4 rings (SSSR count). The van der Waals surface area contributed by atoms with E-state index in [0.717, 1.165) is 28.3 Å². The van der Waals surface area contributed by atoms with Gasteiger partial charge in [-0.15, -0.1) is 0 Å². The molecule has 0 aliphatic carbocycles. The van der Waals surface area contributed by atoms with Crippen LogP contribution < -0.4 is 10.1 Å². The minimum atomic E-state index is -0.385. The van der Waals surface area contributed by atoms with Crippen LogP contribution in [0.1, 0.15) is 27.4 Å². The van der Waals surface area contributed by atoms with E-state index in [1.54, 1.807) is 13.3 Å². The van der Waals surface area contributed by atoms with Crippen molar-refractivity contribution in [2.45, 2.75) is 13.8 Å². The number of hydrogen-bond donors (Lipinski definition) is 1. The molecule has 9 nitrogen and oxygen atoms in total. The summed E-state index contributed by atoms with van der Waals surface area (Å²) in [7, 11) is 1.55. The van der Waals surface area contributed by atoms with Crippen LogP contribution in [0, 0.1) is 25.7 Å². The lowest BCUT2D eigenvalue weighted by molar-refractivity contribution is -0.103. The van der Waals surface area contributed by atoms with Gasteiger partial charge in [-0.2, -0.15) is 4.98 Å². The molecule has 0 aliphatic heterocycles. The average molecular weight is 444 g/mol. The second kappa shape index (κ2) is 8.87. The Morgan fingerprint density at radius 1 is 1.06 bits per heavy atom. The number of hydrogen-bond acceptors (Lipinski definition) is 9. The minimum absolute atomic E-state index is 0.329. The molecule has 0 unspecified atom stereocenters. The molecule has 0 bridgehead atoms. The molecular formula is C22H16N6O3S. The third-order valence-electron chi connectivity index (χ3n) is 4.40. The van der Waals surface area contributed by atoms with Crippen molar-refractivity contribution in [3.05, 3.63) is 53.4 Å².